The molecule has 0 fully saturated rings. The van der Waals surface area contributed by atoms with Crippen LogP contribution in [0, 0.1) is 13.8 Å². The van der Waals surface area contributed by atoms with Crippen LogP contribution in [0.1, 0.15) is 11.1 Å². The SMILES string of the molecule is Cc1c(Cl)nn2c(-c3n[nH]c4ccccc34)nnc2c1C. The maximum Gasteiger partial charge on any atom is 0.206 e. The number of benzene rings is 1. The molecule has 0 spiro atoms. The zero-order valence-corrected chi connectivity index (χ0v) is 12.2. The third-order valence-electron chi connectivity index (χ3n) is 3.72. The first-order valence-corrected chi connectivity index (χ1v) is 6.86. The van der Waals surface area contributed by atoms with Crippen LogP contribution in [-0.2, 0) is 0 Å². The van der Waals surface area contributed by atoms with Crippen molar-refractivity contribution in [3.8, 4) is 11.5 Å². The first kappa shape index (κ1) is 12.3. The minimum absolute atomic E-state index is 0.445. The lowest BCUT2D eigenvalue weighted by Crippen LogP contribution is -2.00. The Morgan fingerprint density at radius 2 is 1.90 bits per heavy atom. The van der Waals surface area contributed by atoms with Crippen molar-refractivity contribution in [3.05, 3.63) is 40.5 Å². The molecular formula is C14H11ClN6. The number of nitrogens with one attached hydrogen (secondary N) is 1. The van der Waals surface area contributed by atoms with Gasteiger partial charge < -0.3 is 0 Å². The average molecular weight is 299 g/mol. The number of aromatic nitrogens is 6. The zero-order chi connectivity index (χ0) is 14.6. The van der Waals surface area contributed by atoms with Crippen molar-refractivity contribution in [2.75, 3.05) is 0 Å². The summed E-state index contributed by atoms with van der Waals surface area (Å²) < 4.78 is 1.65. The van der Waals surface area contributed by atoms with E-state index < -0.39 is 0 Å². The summed E-state index contributed by atoms with van der Waals surface area (Å²) in [7, 11) is 0. The maximum absolute atomic E-state index is 6.19. The van der Waals surface area contributed by atoms with E-state index in [1.54, 1.807) is 4.52 Å². The largest absolute Gasteiger partial charge is 0.277 e. The summed E-state index contributed by atoms with van der Waals surface area (Å²) in [6.45, 7) is 3.88. The zero-order valence-electron chi connectivity index (χ0n) is 11.4. The lowest BCUT2D eigenvalue weighted by Gasteiger charge is -2.04. The van der Waals surface area contributed by atoms with Gasteiger partial charge in [0.25, 0.3) is 0 Å². The fourth-order valence-electron chi connectivity index (χ4n) is 2.38. The molecule has 4 aromatic rings. The van der Waals surface area contributed by atoms with E-state index in [1.807, 2.05) is 38.1 Å². The van der Waals surface area contributed by atoms with Gasteiger partial charge >= 0.3 is 0 Å². The van der Waals surface area contributed by atoms with Gasteiger partial charge in [-0.05, 0) is 25.5 Å². The molecule has 0 aliphatic heterocycles. The molecule has 0 bridgehead atoms. The number of H-pyrrole nitrogens is 1. The van der Waals surface area contributed by atoms with E-state index in [1.165, 1.54) is 0 Å². The number of nitrogens with zero attached hydrogens (tertiary/aromatic N) is 5. The average Bonchev–Trinajstić information content (AvgIpc) is 3.08. The first-order chi connectivity index (χ1) is 10.2. The number of fused-ring (bicyclic) bond motifs is 2. The Morgan fingerprint density at radius 1 is 1.10 bits per heavy atom. The minimum atomic E-state index is 0.445. The third kappa shape index (κ3) is 1.66. The van der Waals surface area contributed by atoms with Gasteiger partial charge in [-0.25, -0.2) is 0 Å². The predicted molar refractivity (Wildman–Crippen MR) is 80.4 cm³/mol. The Balaban J connectivity index is 2.08. The Kier molecular flexibility index (Phi) is 2.49. The molecule has 4 rings (SSSR count). The minimum Gasteiger partial charge on any atom is -0.277 e. The van der Waals surface area contributed by atoms with Crippen LogP contribution in [-0.4, -0.2) is 30.0 Å². The van der Waals surface area contributed by atoms with Gasteiger partial charge in [-0.15, -0.1) is 10.2 Å². The number of rotatable bonds is 1. The van der Waals surface area contributed by atoms with E-state index >= 15 is 0 Å². The van der Waals surface area contributed by atoms with Crippen molar-refractivity contribution < 1.29 is 0 Å². The van der Waals surface area contributed by atoms with Crippen molar-refractivity contribution in [2.45, 2.75) is 13.8 Å². The number of halogens is 1. The van der Waals surface area contributed by atoms with E-state index in [2.05, 4.69) is 25.5 Å². The van der Waals surface area contributed by atoms with Crippen LogP contribution in [0.5, 0.6) is 0 Å². The summed E-state index contributed by atoms with van der Waals surface area (Å²) >= 11 is 6.19. The smallest absolute Gasteiger partial charge is 0.206 e. The molecule has 0 amide bonds. The van der Waals surface area contributed by atoms with Crippen LogP contribution in [0.25, 0.3) is 28.1 Å². The standard InChI is InChI=1S/C14H11ClN6/c1-7-8(2)13-18-19-14(21(13)20-12(7)15)11-9-5-3-4-6-10(9)16-17-11/h3-6H,1-2H3,(H,16,17). The van der Waals surface area contributed by atoms with Crippen LogP contribution in [0.4, 0.5) is 0 Å². The third-order valence-corrected chi connectivity index (χ3v) is 4.08. The molecule has 3 aromatic heterocycles. The Hall–Kier alpha value is -2.47. The summed E-state index contributed by atoms with van der Waals surface area (Å²) in [5.74, 6) is 0.576. The summed E-state index contributed by atoms with van der Waals surface area (Å²) in [5, 5.41) is 21.6. The molecular weight excluding hydrogens is 288 g/mol. The predicted octanol–water partition coefficient (Wildman–Crippen LogP) is 2.94. The van der Waals surface area contributed by atoms with E-state index in [9.17, 15) is 0 Å². The molecule has 1 N–H and O–H groups in total. The van der Waals surface area contributed by atoms with Crippen LogP contribution in [0.3, 0.4) is 0 Å². The molecule has 21 heavy (non-hydrogen) atoms. The van der Waals surface area contributed by atoms with Gasteiger partial charge in [0.15, 0.2) is 10.8 Å². The fraction of sp³-hybridized carbons (Fsp3) is 0.143. The summed E-state index contributed by atoms with van der Waals surface area (Å²) in [6, 6.07) is 7.86. The molecule has 0 radical (unpaired) electrons. The van der Waals surface area contributed by atoms with E-state index in [0.717, 1.165) is 22.0 Å². The van der Waals surface area contributed by atoms with E-state index in [0.29, 0.717) is 22.3 Å². The van der Waals surface area contributed by atoms with E-state index in [-0.39, 0.29) is 0 Å². The van der Waals surface area contributed by atoms with Crippen LogP contribution in [0.15, 0.2) is 24.3 Å². The number of hydrogen-bond acceptors (Lipinski definition) is 4. The molecule has 3 heterocycles. The van der Waals surface area contributed by atoms with Crippen molar-refractivity contribution >= 4 is 28.2 Å². The topological polar surface area (TPSA) is 71.8 Å². The molecule has 0 unspecified atom stereocenters. The van der Waals surface area contributed by atoms with Crippen molar-refractivity contribution in [1.29, 1.82) is 0 Å². The molecule has 6 nitrogen and oxygen atoms in total. The number of hydrogen-bond donors (Lipinski definition) is 1. The van der Waals surface area contributed by atoms with Crippen LogP contribution >= 0.6 is 11.6 Å². The Labute approximate surface area is 124 Å². The highest BCUT2D eigenvalue weighted by Crippen LogP contribution is 2.27. The molecule has 0 atom stereocenters. The van der Waals surface area contributed by atoms with E-state index in [4.69, 9.17) is 11.6 Å². The maximum atomic E-state index is 6.19. The van der Waals surface area contributed by atoms with Gasteiger partial charge in [0.05, 0.1) is 5.52 Å². The Morgan fingerprint density at radius 3 is 2.76 bits per heavy atom. The first-order valence-electron chi connectivity index (χ1n) is 6.48. The number of para-hydroxylation sites is 1. The second kappa shape index (κ2) is 4.26. The van der Waals surface area contributed by atoms with Crippen molar-refractivity contribution in [1.82, 2.24) is 30.0 Å². The monoisotopic (exact) mass is 298 g/mol. The lowest BCUT2D eigenvalue weighted by molar-refractivity contribution is 0.912. The lowest BCUT2D eigenvalue weighted by atomic mass is 10.2. The highest BCUT2D eigenvalue weighted by atomic mass is 35.5. The van der Waals surface area contributed by atoms with Gasteiger partial charge in [-0.2, -0.15) is 14.7 Å². The van der Waals surface area contributed by atoms with Gasteiger partial charge in [0, 0.05) is 10.9 Å². The molecule has 7 heteroatoms. The molecule has 0 saturated heterocycles. The second-order valence-corrected chi connectivity index (χ2v) is 5.28. The molecule has 0 saturated carbocycles. The van der Waals surface area contributed by atoms with Crippen LogP contribution < -0.4 is 0 Å². The molecule has 0 aliphatic carbocycles. The van der Waals surface area contributed by atoms with Gasteiger partial charge in [-0.3, -0.25) is 5.10 Å². The molecule has 0 aliphatic rings. The quantitative estimate of drug-likeness (QED) is 0.586. The van der Waals surface area contributed by atoms with Gasteiger partial charge in [0.1, 0.15) is 5.69 Å². The normalized spacial score (nSPS) is 11.6. The van der Waals surface area contributed by atoms with Crippen LogP contribution in [0.2, 0.25) is 5.15 Å². The number of aryl methyl sites for hydroxylation is 1. The highest BCUT2D eigenvalue weighted by molar-refractivity contribution is 6.30. The van der Waals surface area contributed by atoms with Gasteiger partial charge in [-0.1, -0.05) is 29.8 Å². The van der Waals surface area contributed by atoms with Crippen molar-refractivity contribution in [2.24, 2.45) is 0 Å². The second-order valence-electron chi connectivity index (χ2n) is 4.92. The highest BCUT2D eigenvalue weighted by Gasteiger charge is 2.18. The fourth-order valence-corrected chi connectivity index (χ4v) is 2.59. The molecule has 1 aromatic carbocycles. The Bertz CT molecular complexity index is 984. The van der Waals surface area contributed by atoms with Gasteiger partial charge in [0.2, 0.25) is 5.82 Å². The van der Waals surface area contributed by atoms with Crippen molar-refractivity contribution in [3.63, 3.8) is 0 Å². The molecule has 104 valence electrons. The summed E-state index contributed by atoms with van der Waals surface area (Å²) in [5.41, 5.74) is 4.23. The summed E-state index contributed by atoms with van der Waals surface area (Å²) in [6.07, 6.45) is 0. The summed E-state index contributed by atoms with van der Waals surface area (Å²) in [4.78, 5) is 0. The number of aromatic amines is 1.